The summed E-state index contributed by atoms with van der Waals surface area (Å²) in [5, 5.41) is 33.3. The molecule has 0 bridgehead atoms. The fraction of sp³-hybridized carbons (Fsp3) is 0.500. The maximum Gasteiger partial charge on any atom is 0.261 e. The van der Waals surface area contributed by atoms with Gasteiger partial charge in [0.25, 0.3) is 8.32 Å². The largest absolute Gasteiger partial charge is 0.407 e. The van der Waals surface area contributed by atoms with E-state index in [9.17, 15) is 15.3 Å². The van der Waals surface area contributed by atoms with Crippen molar-refractivity contribution in [2.45, 2.75) is 56.6 Å². The number of aliphatic hydroxyl groups excluding tert-OH is 3. The predicted molar refractivity (Wildman–Crippen MR) is 120 cm³/mol. The second kappa shape index (κ2) is 9.30. The normalized spacial score (nSPS) is 27.8. The zero-order valence-corrected chi connectivity index (χ0v) is 19.2. The minimum absolute atomic E-state index is 0.173. The molecule has 3 N–H and O–H groups in total. The van der Waals surface area contributed by atoms with E-state index in [1.165, 1.54) is 7.11 Å². The summed E-state index contributed by atoms with van der Waals surface area (Å²) < 4.78 is 12.2. The molecule has 1 aliphatic carbocycles. The molecule has 0 saturated heterocycles. The number of hydrogen-bond donors (Lipinski definition) is 3. The summed E-state index contributed by atoms with van der Waals surface area (Å²) in [5.74, 6) is -0.338. The van der Waals surface area contributed by atoms with Crippen molar-refractivity contribution in [1.29, 1.82) is 0 Å². The molecule has 2 aromatic carbocycles. The molecule has 0 heterocycles. The van der Waals surface area contributed by atoms with Crippen LogP contribution < -0.4 is 10.4 Å². The number of hydrogen-bond acceptors (Lipinski definition) is 5. The van der Waals surface area contributed by atoms with Crippen LogP contribution in [0.3, 0.4) is 0 Å². The fourth-order valence-corrected chi connectivity index (χ4v) is 9.29. The van der Waals surface area contributed by atoms with Crippen LogP contribution in [-0.2, 0) is 9.16 Å². The summed E-state index contributed by atoms with van der Waals surface area (Å²) >= 11 is 0. The molecule has 5 nitrogen and oxygen atoms in total. The lowest BCUT2D eigenvalue weighted by molar-refractivity contribution is -0.170. The number of aliphatic hydroxyl groups is 3. The van der Waals surface area contributed by atoms with Gasteiger partial charge < -0.3 is 24.5 Å². The van der Waals surface area contributed by atoms with Gasteiger partial charge in [-0.05, 0) is 21.8 Å². The van der Waals surface area contributed by atoms with Gasteiger partial charge in [0.1, 0.15) is 12.2 Å². The molecule has 30 heavy (non-hydrogen) atoms. The standard InChI is InChI=1S/C24H34O5Si/c1-24(2,3)30(18-11-7-5-8-12-18,19-13-9-6-10-14-19)29-16-17-15-20(28-4)22(26)23(27)21(17)25/h5-14,17,20-23,25-27H,15-16H2,1-4H3/t17-,20+,21+,22+,23+/m1/s1. The number of methoxy groups -OCH3 is 1. The van der Waals surface area contributed by atoms with Crippen molar-refractivity contribution in [3.63, 3.8) is 0 Å². The molecule has 5 atom stereocenters. The van der Waals surface area contributed by atoms with E-state index in [2.05, 4.69) is 45.0 Å². The summed E-state index contributed by atoms with van der Waals surface area (Å²) in [6.45, 7) is 6.88. The molecule has 0 aromatic heterocycles. The number of rotatable bonds is 6. The minimum atomic E-state index is -2.73. The van der Waals surface area contributed by atoms with Crippen LogP contribution in [0.1, 0.15) is 27.2 Å². The van der Waals surface area contributed by atoms with Crippen molar-refractivity contribution in [3.05, 3.63) is 60.7 Å². The number of benzene rings is 2. The Labute approximate surface area is 180 Å². The Hall–Kier alpha value is -1.54. The lowest BCUT2D eigenvalue weighted by Gasteiger charge is -2.45. The lowest BCUT2D eigenvalue weighted by atomic mass is 9.81. The average molecular weight is 431 g/mol. The first kappa shape index (κ1) is 23.1. The van der Waals surface area contributed by atoms with E-state index < -0.39 is 32.7 Å². The Morgan fingerprint density at radius 2 is 1.33 bits per heavy atom. The van der Waals surface area contributed by atoms with E-state index in [0.717, 1.165) is 10.4 Å². The van der Waals surface area contributed by atoms with E-state index in [-0.39, 0.29) is 17.6 Å². The van der Waals surface area contributed by atoms with Crippen LogP contribution in [0.15, 0.2) is 60.7 Å². The molecule has 0 aliphatic heterocycles. The van der Waals surface area contributed by atoms with Gasteiger partial charge in [0, 0.05) is 19.6 Å². The van der Waals surface area contributed by atoms with E-state index in [1.54, 1.807) is 0 Å². The summed E-state index contributed by atoms with van der Waals surface area (Å²) in [7, 11) is -1.22. The van der Waals surface area contributed by atoms with Crippen LogP contribution in [0.4, 0.5) is 0 Å². The first-order valence-electron chi connectivity index (χ1n) is 10.5. The highest BCUT2D eigenvalue weighted by Gasteiger charge is 2.51. The van der Waals surface area contributed by atoms with Gasteiger partial charge in [-0.15, -0.1) is 0 Å². The Bertz CT molecular complexity index is 751. The zero-order chi connectivity index (χ0) is 21.9. The van der Waals surface area contributed by atoms with Gasteiger partial charge in [0.2, 0.25) is 0 Å². The molecule has 1 saturated carbocycles. The van der Waals surface area contributed by atoms with Crippen molar-refractivity contribution < 1.29 is 24.5 Å². The monoisotopic (exact) mass is 430 g/mol. The second-order valence-corrected chi connectivity index (χ2v) is 13.5. The highest BCUT2D eigenvalue weighted by atomic mass is 28.4. The van der Waals surface area contributed by atoms with E-state index in [0.29, 0.717) is 6.42 Å². The molecule has 164 valence electrons. The third kappa shape index (κ3) is 4.26. The fourth-order valence-electron chi connectivity index (χ4n) is 4.67. The first-order valence-corrected chi connectivity index (χ1v) is 12.4. The van der Waals surface area contributed by atoms with Crippen LogP contribution >= 0.6 is 0 Å². The molecule has 6 heteroatoms. The third-order valence-electron chi connectivity index (χ3n) is 6.33. The average Bonchev–Trinajstić information content (AvgIpc) is 2.74. The molecule has 2 aromatic rings. The van der Waals surface area contributed by atoms with E-state index >= 15 is 0 Å². The summed E-state index contributed by atoms with van der Waals surface area (Å²) in [6.07, 6.45) is -3.53. The van der Waals surface area contributed by atoms with Gasteiger partial charge in [-0.2, -0.15) is 0 Å². The molecule has 0 unspecified atom stereocenters. The van der Waals surface area contributed by atoms with E-state index in [4.69, 9.17) is 9.16 Å². The maximum absolute atomic E-state index is 10.6. The number of ether oxygens (including phenoxy) is 1. The van der Waals surface area contributed by atoms with Gasteiger partial charge in [-0.3, -0.25) is 0 Å². The molecule has 0 radical (unpaired) electrons. The molecular formula is C24H34O5Si. The van der Waals surface area contributed by atoms with Crippen molar-refractivity contribution in [1.82, 2.24) is 0 Å². The zero-order valence-electron chi connectivity index (χ0n) is 18.2. The smallest absolute Gasteiger partial charge is 0.261 e. The van der Waals surface area contributed by atoms with Gasteiger partial charge in [0.05, 0.1) is 12.2 Å². The van der Waals surface area contributed by atoms with Crippen LogP contribution in [0.25, 0.3) is 0 Å². The highest BCUT2D eigenvalue weighted by molar-refractivity contribution is 6.99. The SMILES string of the molecule is CO[C@H]1C[C@H](CO[Si](c2ccccc2)(c2ccccc2)C(C)(C)C)[C@H](O)[C@H](O)[C@H]1O. The molecule has 0 amide bonds. The summed E-state index contributed by atoms with van der Waals surface area (Å²) in [4.78, 5) is 0. The molecule has 3 rings (SSSR count). The summed E-state index contributed by atoms with van der Waals surface area (Å²) in [5.41, 5.74) is 0. The second-order valence-electron chi connectivity index (χ2n) is 9.22. The predicted octanol–water partition coefficient (Wildman–Crippen LogP) is 1.68. The third-order valence-corrected chi connectivity index (χ3v) is 11.3. The maximum atomic E-state index is 10.6. The molecule has 0 spiro atoms. The van der Waals surface area contributed by atoms with Crippen LogP contribution in [0.2, 0.25) is 5.04 Å². The Kier molecular flexibility index (Phi) is 7.17. The van der Waals surface area contributed by atoms with Crippen molar-refractivity contribution in [3.8, 4) is 0 Å². The molecular weight excluding hydrogens is 396 g/mol. The van der Waals surface area contributed by atoms with Gasteiger partial charge in [-0.1, -0.05) is 81.4 Å². The van der Waals surface area contributed by atoms with Crippen LogP contribution in [0, 0.1) is 5.92 Å². The highest BCUT2D eigenvalue weighted by Crippen LogP contribution is 2.38. The Morgan fingerprint density at radius 1 is 0.833 bits per heavy atom. The summed E-state index contributed by atoms with van der Waals surface area (Å²) in [6, 6.07) is 20.6. The minimum Gasteiger partial charge on any atom is -0.407 e. The Balaban J connectivity index is 2.00. The first-order chi connectivity index (χ1) is 14.2. The van der Waals surface area contributed by atoms with Gasteiger partial charge in [0.15, 0.2) is 0 Å². The Morgan fingerprint density at radius 3 is 1.77 bits per heavy atom. The van der Waals surface area contributed by atoms with Gasteiger partial charge >= 0.3 is 0 Å². The molecule has 1 fully saturated rings. The van der Waals surface area contributed by atoms with Crippen molar-refractivity contribution in [2.24, 2.45) is 5.92 Å². The van der Waals surface area contributed by atoms with Crippen molar-refractivity contribution in [2.75, 3.05) is 13.7 Å². The van der Waals surface area contributed by atoms with E-state index in [1.807, 2.05) is 36.4 Å². The topological polar surface area (TPSA) is 79.2 Å². The van der Waals surface area contributed by atoms with Gasteiger partial charge in [-0.25, -0.2) is 0 Å². The quantitative estimate of drug-likeness (QED) is 0.608. The van der Waals surface area contributed by atoms with Crippen molar-refractivity contribution >= 4 is 18.7 Å². The lowest BCUT2D eigenvalue weighted by Crippen LogP contribution is -2.67. The van der Waals surface area contributed by atoms with Crippen LogP contribution in [0.5, 0.6) is 0 Å². The molecule has 1 aliphatic rings. The van der Waals surface area contributed by atoms with Crippen LogP contribution in [-0.4, -0.2) is 61.8 Å².